The Morgan fingerprint density at radius 3 is 2.80 bits per heavy atom. The van der Waals surface area contributed by atoms with Gasteiger partial charge in [-0.05, 0) is 31.9 Å². The van der Waals surface area contributed by atoms with Gasteiger partial charge >= 0.3 is 0 Å². The van der Waals surface area contributed by atoms with Crippen molar-refractivity contribution in [3.05, 3.63) is 18.0 Å². The number of aromatic nitrogens is 2. The van der Waals surface area contributed by atoms with Crippen molar-refractivity contribution in [1.29, 1.82) is 0 Å². The molecule has 1 rings (SSSR count). The SMILES string of the molecule is CCn1nccc1CNCCC(C)C.Cl. The normalized spacial score (nSPS) is 10.4. The van der Waals surface area contributed by atoms with Gasteiger partial charge in [-0.2, -0.15) is 5.10 Å². The van der Waals surface area contributed by atoms with Crippen LogP contribution in [0.15, 0.2) is 12.3 Å². The number of halogens is 1. The smallest absolute Gasteiger partial charge is 0.0521 e. The molecule has 0 spiro atoms. The van der Waals surface area contributed by atoms with Crippen LogP contribution in [0.5, 0.6) is 0 Å². The van der Waals surface area contributed by atoms with Crippen molar-refractivity contribution in [1.82, 2.24) is 15.1 Å². The zero-order valence-corrected chi connectivity index (χ0v) is 10.7. The van der Waals surface area contributed by atoms with E-state index in [9.17, 15) is 0 Å². The number of nitrogens with zero attached hydrogens (tertiary/aromatic N) is 2. The second kappa shape index (κ2) is 7.71. The third-order valence-electron chi connectivity index (χ3n) is 2.31. The van der Waals surface area contributed by atoms with Crippen molar-refractivity contribution in [2.45, 2.75) is 40.3 Å². The molecule has 1 aromatic rings. The maximum Gasteiger partial charge on any atom is 0.0521 e. The van der Waals surface area contributed by atoms with Crippen LogP contribution in [-0.2, 0) is 13.1 Å². The first kappa shape index (κ1) is 14.5. The van der Waals surface area contributed by atoms with Gasteiger partial charge in [0.1, 0.15) is 0 Å². The van der Waals surface area contributed by atoms with Crippen LogP contribution < -0.4 is 5.32 Å². The van der Waals surface area contributed by atoms with E-state index in [1.165, 1.54) is 12.1 Å². The summed E-state index contributed by atoms with van der Waals surface area (Å²) in [5.74, 6) is 0.776. The van der Waals surface area contributed by atoms with E-state index in [2.05, 4.69) is 37.3 Å². The monoisotopic (exact) mass is 231 g/mol. The summed E-state index contributed by atoms with van der Waals surface area (Å²) in [6, 6.07) is 2.08. The highest BCUT2D eigenvalue weighted by atomic mass is 35.5. The Hall–Kier alpha value is -0.540. The molecule has 3 nitrogen and oxygen atoms in total. The second-order valence-corrected chi connectivity index (χ2v) is 4.00. The van der Waals surface area contributed by atoms with E-state index in [1.807, 2.05) is 10.9 Å². The van der Waals surface area contributed by atoms with E-state index in [0.29, 0.717) is 0 Å². The summed E-state index contributed by atoms with van der Waals surface area (Å²) in [6.07, 6.45) is 3.10. The minimum Gasteiger partial charge on any atom is -0.311 e. The fourth-order valence-electron chi connectivity index (χ4n) is 1.40. The first-order valence-corrected chi connectivity index (χ1v) is 5.45. The molecule has 0 atom stereocenters. The van der Waals surface area contributed by atoms with E-state index in [0.717, 1.165) is 25.6 Å². The second-order valence-electron chi connectivity index (χ2n) is 4.00. The van der Waals surface area contributed by atoms with Gasteiger partial charge in [0.2, 0.25) is 0 Å². The maximum atomic E-state index is 4.23. The third-order valence-corrected chi connectivity index (χ3v) is 2.31. The molecule has 1 N–H and O–H groups in total. The first-order valence-electron chi connectivity index (χ1n) is 5.45. The molecule has 0 aromatic carbocycles. The van der Waals surface area contributed by atoms with Gasteiger partial charge in [0, 0.05) is 19.3 Å². The molecular weight excluding hydrogens is 210 g/mol. The van der Waals surface area contributed by atoms with E-state index in [4.69, 9.17) is 0 Å². The summed E-state index contributed by atoms with van der Waals surface area (Å²) in [6.45, 7) is 9.59. The molecule has 0 aliphatic carbocycles. The highest BCUT2D eigenvalue weighted by molar-refractivity contribution is 5.85. The van der Waals surface area contributed by atoms with Crippen LogP contribution in [0.3, 0.4) is 0 Å². The van der Waals surface area contributed by atoms with Crippen molar-refractivity contribution in [2.75, 3.05) is 6.54 Å². The number of hydrogen-bond donors (Lipinski definition) is 1. The Kier molecular flexibility index (Phi) is 7.44. The summed E-state index contributed by atoms with van der Waals surface area (Å²) in [4.78, 5) is 0. The van der Waals surface area contributed by atoms with E-state index >= 15 is 0 Å². The average molecular weight is 232 g/mol. The first-order chi connectivity index (χ1) is 6.74. The molecule has 0 fully saturated rings. The molecule has 1 aromatic heterocycles. The van der Waals surface area contributed by atoms with Gasteiger partial charge in [-0.25, -0.2) is 0 Å². The molecule has 88 valence electrons. The molecule has 1 heterocycles. The van der Waals surface area contributed by atoms with Crippen molar-refractivity contribution < 1.29 is 0 Å². The summed E-state index contributed by atoms with van der Waals surface area (Å²) in [5.41, 5.74) is 1.27. The number of nitrogens with one attached hydrogen (secondary N) is 1. The minimum atomic E-state index is 0. The van der Waals surface area contributed by atoms with Crippen molar-refractivity contribution in [3.63, 3.8) is 0 Å². The van der Waals surface area contributed by atoms with Gasteiger partial charge in [0.15, 0.2) is 0 Å². The lowest BCUT2D eigenvalue weighted by atomic mass is 10.1. The highest BCUT2D eigenvalue weighted by Crippen LogP contribution is 2.00. The Morgan fingerprint density at radius 2 is 2.20 bits per heavy atom. The van der Waals surface area contributed by atoms with Crippen LogP contribution in [0.2, 0.25) is 0 Å². The lowest BCUT2D eigenvalue weighted by Gasteiger charge is -2.08. The molecule has 0 saturated heterocycles. The van der Waals surface area contributed by atoms with E-state index in [-0.39, 0.29) is 12.4 Å². The lowest BCUT2D eigenvalue weighted by molar-refractivity contribution is 0.520. The predicted octanol–water partition coefficient (Wildman–Crippen LogP) is 2.46. The van der Waals surface area contributed by atoms with Crippen LogP contribution in [0, 0.1) is 5.92 Å². The number of rotatable bonds is 6. The number of aryl methyl sites for hydroxylation is 1. The fraction of sp³-hybridized carbons (Fsp3) is 0.727. The van der Waals surface area contributed by atoms with Crippen molar-refractivity contribution in [2.24, 2.45) is 5.92 Å². The Bertz CT molecular complexity index is 258. The van der Waals surface area contributed by atoms with Gasteiger partial charge in [-0.1, -0.05) is 13.8 Å². The van der Waals surface area contributed by atoms with E-state index < -0.39 is 0 Å². The third kappa shape index (κ3) is 5.19. The largest absolute Gasteiger partial charge is 0.311 e. The standard InChI is InChI=1S/C11H21N3.ClH/c1-4-14-11(6-8-13-14)9-12-7-5-10(2)3;/h6,8,10,12H,4-5,7,9H2,1-3H3;1H. The number of hydrogen-bond acceptors (Lipinski definition) is 2. The predicted molar refractivity (Wildman–Crippen MR) is 66.3 cm³/mol. The molecule has 4 heteroatoms. The zero-order valence-electron chi connectivity index (χ0n) is 9.86. The van der Waals surface area contributed by atoms with Gasteiger partial charge in [0.05, 0.1) is 5.69 Å². The van der Waals surface area contributed by atoms with Gasteiger partial charge < -0.3 is 5.32 Å². The van der Waals surface area contributed by atoms with Gasteiger partial charge in [-0.3, -0.25) is 4.68 Å². The Balaban J connectivity index is 0.00000196. The van der Waals surface area contributed by atoms with Crippen LogP contribution in [0.4, 0.5) is 0 Å². The van der Waals surface area contributed by atoms with Crippen LogP contribution >= 0.6 is 12.4 Å². The summed E-state index contributed by atoms with van der Waals surface area (Å²) in [5, 5.41) is 7.66. The van der Waals surface area contributed by atoms with Gasteiger partial charge in [0.25, 0.3) is 0 Å². The van der Waals surface area contributed by atoms with Gasteiger partial charge in [-0.15, -0.1) is 12.4 Å². The summed E-state index contributed by atoms with van der Waals surface area (Å²) < 4.78 is 2.03. The van der Waals surface area contributed by atoms with Crippen LogP contribution in [0.25, 0.3) is 0 Å². The Morgan fingerprint density at radius 1 is 1.47 bits per heavy atom. The molecule has 0 aliphatic heterocycles. The minimum absolute atomic E-state index is 0. The average Bonchev–Trinajstić information content (AvgIpc) is 2.59. The molecule has 0 amide bonds. The molecule has 0 saturated carbocycles. The van der Waals surface area contributed by atoms with E-state index in [1.54, 1.807) is 0 Å². The zero-order chi connectivity index (χ0) is 10.4. The summed E-state index contributed by atoms with van der Waals surface area (Å²) >= 11 is 0. The topological polar surface area (TPSA) is 29.9 Å². The van der Waals surface area contributed by atoms with Crippen LogP contribution in [-0.4, -0.2) is 16.3 Å². The molecular formula is C11H22ClN3. The highest BCUT2D eigenvalue weighted by Gasteiger charge is 1.99. The van der Waals surface area contributed by atoms with Crippen LogP contribution in [0.1, 0.15) is 32.9 Å². The van der Waals surface area contributed by atoms with Crippen molar-refractivity contribution in [3.8, 4) is 0 Å². The van der Waals surface area contributed by atoms with Crippen molar-refractivity contribution >= 4 is 12.4 Å². The lowest BCUT2D eigenvalue weighted by Crippen LogP contribution is -2.18. The Labute approximate surface area is 98.7 Å². The maximum absolute atomic E-state index is 4.23. The summed E-state index contributed by atoms with van der Waals surface area (Å²) in [7, 11) is 0. The molecule has 0 unspecified atom stereocenters. The quantitative estimate of drug-likeness (QED) is 0.763. The molecule has 0 bridgehead atoms. The molecule has 0 aliphatic rings. The molecule has 0 radical (unpaired) electrons. The fourth-order valence-corrected chi connectivity index (χ4v) is 1.40. The molecule has 15 heavy (non-hydrogen) atoms.